The number of hydrogen-bond acceptors (Lipinski definition) is 8. The van der Waals surface area contributed by atoms with Gasteiger partial charge in [-0.2, -0.15) is 5.10 Å². The molecule has 3 aliphatic carbocycles. The van der Waals surface area contributed by atoms with E-state index in [2.05, 4.69) is 29.6 Å². The summed E-state index contributed by atoms with van der Waals surface area (Å²) >= 11 is 0. The van der Waals surface area contributed by atoms with Crippen LogP contribution in [0.4, 0.5) is 0 Å². The van der Waals surface area contributed by atoms with Gasteiger partial charge in [0, 0.05) is 25.6 Å². The second-order valence-corrected chi connectivity index (χ2v) is 17.6. The largest absolute Gasteiger partial charge is 0.508 e. The molecule has 3 aliphatic rings. The minimum absolute atomic E-state index is 0.0108. The van der Waals surface area contributed by atoms with E-state index in [0.29, 0.717) is 17.7 Å². The molecule has 0 aromatic heterocycles. The molecule has 2 bridgehead atoms. The van der Waals surface area contributed by atoms with E-state index in [4.69, 9.17) is 9.47 Å². The molecule has 1 saturated carbocycles. The molecule has 34 heavy (non-hydrogen) atoms. The number of aromatic hydroxyl groups is 1. The van der Waals surface area contributed by atoms with Crippen LogP contribution in [-0.2, 0) is 29.1 Å². The number of sulfonamides is 1. The van der Waals surface area contributed by atoms with E-state index < -0.39 is 53.7 Å². The highest BCUT2D eigenvalue weighted by Crippen LogP contribution is 2.55. The monoisotopic (exact) mass is 510 g/mol. The zero-order valence-electron chi connectivity index (χ0n) is 20.3. The highest BCUT2D eigenvalue weighted by Gasteiger charge is 2.57. The van der Waals surface area contributed by atoms with E-state index in [1.54, 1.807) is 18.2 Å². The number of hydrogen-bond donors (Lipinski definition) is 2. The summed E-state index contributed by atoms with van der Waals surface area (Å²) in [5.41, 5.74) is 1.90. The Balaban J connectivity index is 2.05. The third-order valence-electron chi connectivity index (χ3n) is 6.22. The van der Waals surface area contributed by atoms with E-state index in [-0.39, 0.29) is 25.4 Å². The molecular formula is C23H34N2O7SSi. The molecule has 0 amide bonds. The fourth-order valence-corrected chi connectivity index (χ4v) is 5.69. The number of fused-ring (bicyclic) bond motifs is 2. The molecule has 1 fully saturated rings. The van der Waals surface area contributed by atoms with Gasteiger partial charge in [-0.25, -0.2) is 13.2 Å². The number of benzene rings is 1. The molecule has 0 radical (unpaired) electrons. The summed E-state index contributed by atoms with van der Waals surface area (Å²) in [6, 6.07) is 5.65. The number of rotatable bonds is 9. The lowest BCUT2D eigenvalue weighted by Crippen LogP contribution is -2.51. The average Bonchev–Trinajstić information content (AvgIpc) is 2.73. The summed E-state index contributed by atoms with van der Waals surface area (Å²) < 4.78 is 34.5. The molecule has 4 atom stereocenters. The Hall–Kier alpha value is -2.40. The SMILES string of the molecule is CCCOC(=O)C1C2C(=NNS(C)(=O)=O)CC(c3ccc(O)cc32)C1C(=O)OCC[Si](C)(C)C. The van der Waals surface area contributed by atoms with Crippen molar-refractivity contribution in [2.75, 3.05) is 19.5 Å². The lowest BCUT2D eigenvalue weighted by Gasteiger charge is -2.47. The molecule has 2 N–H and O–H groups in total. The van der Waals surface area contributed by atoms with Gasteiger partial charge >= 0.3 is 11.9 Å². The quantitative estimate of drug-likeness (QED) is 0.297. The van der Waals surface area contributed by atoms with Crippen LogP contribution in [0, 0.1) is 11.8 Å². The third-order valence-corrected chi connectivity index (χ3v) is 8.34. The van der Waals surface area contributed by atoms with Crippen LogP contribution >= 0.6 is 0 Å². The summed E-state index contributed by atoms with van der Waals surface area (Å²) in [6.45, 7) is 8.93. The molecule has 9 nitrogen and oxygen atoms in total. The zero-order chi connectivity index (χ0) is 25.3. The number of carbonyl (C=O) groups is 2. The molecule has 0 spiro atoms. The van der Waals surface area contributed by atoms with Gasteiger partial charge in [0.05, 0.1) is 31.3 Å². The molecule has 4 unspecified atom stereocenters. The molecule has 0 saturated heterocycles. The smallest absolute Gasteiger partial charge is 0.310 e. The predicted octanol–water partition coefficient (Wildman–Crippen LogP) is 2.95. The van der Waals surface area contributed by atoms with Crippen LogP contribution in [0.1, 0.15) is 42.7 Å². The first-order chi connectivity index (χ1) is 15.8. The maximum atomic E-state index is 13.3. The van der Waals surface area contributed by atoms with Crippen LogP contribution in [0.15, 0.2) is 23.3 Å². The number of esters is 2. The number of carbonyl (C=O) groups excluding carboxylic acids is 2. The maximum Gasteiger partial charge on any atom is 0.310 e. The Bertz CT molecular complexity index is 1080. The van der Waals surface area contributed by atoms with E-state index >= 15 is 0 Å². The van der Waals surface area contributed by atoms with E-state index in [9.17, 15) is 23.1 Å². The van der Waals surface area contributed by atoms with Crippen molar-refractivity contribution in [1.29, 1.82) is 0 Å². The summed E-state index contributed by atoms with van der Waals surface area (Å²) in [7, 11) is -5.06. The van der Waals surface area contributed by atoms with Crippen LogP contribution in [0.25, 0.3) is 0 Å². The van der Waals surface area contributed by atoms with Gasteiger partial charge < -0.3 is 14.6 Å². The van der Waals surface area contributed by atoms with Gasteiger partial charge in [-0.05, 0) is 42.1 Å². The van der Waals surface area contributed by atoms with Crippen molar-refractivity contribution in [3.05, 3.63) is 29.3 Å². The molecule has 0 heterocycles. The Morgan fingerprint density at radius 2 is 1.76 bits per heavy atom. The van der Waals surface area contributed by atoms with Crippen LogP contribution in [-0.4, -0.2) is 58.7 Å². The fraction of sp³-hybridized carbons (Fsp3) is 0.609. The topological polar surface area (TPSA) is 131 Å². The molecule has 0 aliphatic heterocycles. The van der Waals surface area contributed by atoms with Crippen molar-refractivity contribution in [2.24, 2.45) is 16.9 Å². The van der Waals surface area contributed by atoms with Crippen LogP contribution in [0.2, 0.25) is 25.7 Å². The first kappa shape index (κ1) is 26.2. The van der Waals surface area contributed by atoms with Gasteiger partial charge in [0.2, 0.25) is 10.0 Å². The second-order valence-electron chi connectivity index (χ2n) is 10.3. The molecule has 4 rings (SSSR count). The number of nitrogens with zero attached hydrogens (tertiary/aromatic N) is 1. The van der Waals surface area contributed by atoms with E-state index in [1.165, 1.54) is 0 Å². The number of phenols is 1. The standard InChI is InChI=1S/C23H34N2O7SSi/c1-6-9-31-23(28)21-19-16-12-14(26)7-8-15(16)17(13-18(19)24-25-33(2,29)30)20(21)22(27)32-10-11-34(3,4)5/h7-8,12,17,19-21,25-26H,6,9-11,13H2,1-5H3. The lowest BCUT2D eigenvalue weighted by molar-refractivity contribution is -0.163. The number of ether oxygens (including phenoxy) is 2. The summed E-state index contributed by atoms with van der Waals surface area (Å²) in [5.74, 6) is -3.90. The number of nitrogens with one attached hydrogen (secondary N) is 1. The summed E-state index contributed by atoms with van der Waals surface area (Å²) in [4.78, 5) is 28.8. The Morgan fingerprint density at radius 1 is 1.12 bits per heavy atom. The first-order valence-electron chi connectivity index (χ1n) is 11.5. The lowest BCUT2D eigenvalue weighted by atomic mass is 9.55. The van der Waals surface area contributed by atoms with Crippen molar-refractivity contribution >= 4 is 35.7 Å². The summed E-state index contributed by atoms with van der Waals surface area (Å²) in [5, 5.41) is 14.2. The van der Waals surface area contributed by atoms with Crippen LogP contribution < -0.4 is 4.83 Å². The van der Waals surface area contributed by atoms with Crippen molar-refractivity contribution in [2.45, 2.75) is 57.3 Å². The average molecular weight is 511 g/mol. The Kier molecular flexibility index (Phi) is 7.76. The van der Waals surface area contributed by atoms with Gasteiger partial charge in [-0.1, -0.05) is 32.6 Å². The van der Waals surface area contributed by atoms with Crippen molar-refractivity contribution in [3.8, 4) is 5.75 Å². The highest BCUT2D eigenvalue weighted by atomic mass is 32.2. The van der Waals surface area contributed by atoms with Gasteiger partial charge in [-0.15, -0.1) is 0 Å². The normalized spacial score (nSPS) is 25.0. The predicted molar refractivity (Wildman–Crippen MR) is 131 cm³/mol. The van der Waals surface area contributed by atoms with Gasteiger partial charge in [-0.3, -0.25) is 9.59 Å². The second kappa shape index (κ2) is 10.1. The first-order valence-corrected chi connectivity index (χ1v) is 17.1. The fourth-order valence-electron chi connectivity index (χ4n) is 4.69. The molecule has 1 aromatic carbocycles. The Morgan fingerprint density at radius 3 is 2.38 bits per heavy atom. The van der Waals surface area contributed by atoms with E-state index in [1.807, 2.05) is 6.92 Å². The summed E-state index contributed by atoms with van der Waals surface area (Å²) in [6.07, 6.45) is 1.89. The minimum atomic E-state index is -3.62. The van der Waals surface area contributed by atoms with Gasteiger partial charge in [0.25, 0.3) is 0 Å². The minimum Gasteiger partial charge on any atom is -0.508 e. The van der Waals surface area contributed by atoms with Crippen LogP contribution in [0.5, 0.6) is 5.75 Å². The third kappa shape index (κ3) is 5.98. The number of phenolic OH excluding ortho intramolecular Hbond substituents is 1. The highest BCUT2D eigenvalue weighted by molar-refractivity contribution is 7.88. The zero-order valence-corrected chi connectivity index (χ0v) is 22.1. The van der Waals surface area contributed by atoms with Crippen molar-refractivity contribution < 1.29 is 32.6 Å². The van der Waals surface area contributed by atoms with E-state index in [0.717, 1.165) is 17.9 Å². The Labute approximate surface area is 202 Å². The number of hydrazone groups is 1. The molecular weight excluding hydrogens is 476 g/mol. The van der Waals surface area contributed by atoms with Gasteiger partial charge in [0.1, 0.15) is 5.75 Å². The maximum absolute atomic E-state index is 13.3. The molecule has 11 heteroatoms. The van der Waals surface area contributed by atoms with Crippen molar-refractivity contribution in [1.82, 2.24) is 4.83 Å². The van der Waals surface area contributed by atoms with Crippen LogP contribution in [0.3, 0.4) is 0 Å². The molecule has 188 valence electrons. The van der Waals surface area contributed by atoms with Crippen molar-refractivity contribution in [3.63, 3.8) is 0 Å². The van der Waals surface area contributed by atoms with Gasteiger partial charge in [0.15, 0.2) is 0 Å². The molecule has 1 aromatic rings.